The van der Waals surface area contributed by atoms with E-state index < -0.39 is 17.8 Å². The molecular weight excluding hydrogens is 380 g/mol. The summed E-state index contributed by atoms with van der Waals surface area (Å²) < 4.78 is 4.44. The van der Waals surface area contributed by atoms with Crippen molar-refractivity contribution in [3.63, 3.8) is 0 Å². The van der Waals surface area contributed by atoms with E-state index in [2.05, 4.69) is 38.8 Å². The van der Waals surface area contributed by atoms with Gasteiger partial charge in [0.1, 0.15) is 11.4 Å². The van der Waals surface area contributed by atoms with Gasteiger partial charge in [-0.15, -0.1) is 11.3 Å². The molecule has 0 bridgehead atoms. The first-order valence-electron chi connectivity index (χ1n) is 9.14. The Kier molecular flexibility index (Phi) is 8.34. The molecule has 2 rings (SSSR count). The van der Waals surface area contributed by atoms with Crippen LogP contribution in [0.5, 0.6) is 0 Å². The van der Waals surface area contributed by atoms with Crippen LogP contribution in [-0.4, -0.2) is 43.0 Å². The van der Waals surface area contributed by atoms with Crippen molar-refractivity contribution in [2.75, 3.05) is 20.2 Å². The maximum atomic E-state index is 12.3. The number of esters is 1. The predicted molar refractivity (Wildman–Crippen MR) is 107 cm³/mol. The minimum Gasteiger partial charge on any atom is -0.464 e. The molecule has 3 N–H and O–H groups in total. The number of carbonyl (C=O) groups excluding carboxylic acids is 3. The standard InChI is InChI=1S/C19H26N4O4S/c1-12(17(24)22-13(2)19(26)27-3)21-18(25)15-11-28-16(23-15)10-14-6-4-5-8-20-9-7-14/h11,14,20H,1-2,4-10H2,3H3,(H,21,25)(H,22,24). The quantitative estimate of drug-likeness (QED) is 0.468. The second kappa shape index (κ2) is 10.7. The Balaban J connectivity index is 1.87. The minimum atomic E-state index is -0.777. The van der Waals surface area contributed by atoms with Gasteiger partial charge in [0.15, 0.2) is 0 Å². The lowest BCUT2D eigenvalue weighted by atomic mass is 9.94. The SMILES string of the molecule is C=C(NC(=O)c1csc(CC2CCCCNCC2)n1)C(=O)NC(=C)C(=O)OC. The van der Waals surface area contributed by atoms with Crippen molar-refractivity contribution in [2.24, 2.45) is 5.92 Å². The van der Waals surface area contributed by atoms with Gasteiger partial charge in [-0.25, -0.2) is 9.78 Å². The van der Waals surface area contributed by atoms with Crippen molar-refractivity contribution in [3.8, 4) is 0 Å². The van der Waals surface area contributed by atoms with E-state index in [1.807, 2.05) is 0 Å². The number of thiazole rings is 1. The zero-order chi connectivity index (χ0) is 20.5. The average molecular weight is 407 g/mol. The summed E-state index contributed by atoms with van der Waals surface area (Å²) in [4.78, 5) is 39.9. The smallest absolute Gasteiger partial charge is 0.353 e. The van der Waals surface area contributed by atoms with Crippen LogP contribution in [0, 0.1) is 5.92 Å². The first-order valence-corrected chi connectivity index (χ1v) is 10.0. The topological polar surface area (TPSA) is 109 Å². The van der Waals surface area contributed by atoms with Crippen LogP contribution in [0.15, 0.2) is 29.9 Å². The number of nitrogens with zero attached hydrogens (tertiary/aromatic N) is 1. The first-order chi connectivity index (χ1) is 13.4. The van der Waals surface area contributed by atoms with E-state index in [9.17, 15) is 14.4 Å². The van der Waals surface area contributed by atoms with Gasteiger partial charge in [-0.05, 0) is 38.3 Å². The van der Waals surface area contributed by atoms with Crippen molar-refractivity contribution < 1.29 is 19.1 Å². The Morgan fingerprint density at radius 3 is 2.75 bits per heavy atom. The van der Waals surface area contributed by atoms with Crippen LogP contribution in [0.3, 0.4) is 0 Å². The van der Waals surface area contributed by atoms with E-state index in [0.717, 1.165) is 30.9 Å². The van der Waals surface area contributed by atoms with Gasteiger partial charge in [0.05, 0.1) is 17.8 Å². The van der Waals surface area contributed by atoms with Crippen LogP contribution in [-0.2, 0) is 20.7 Å². The fourth-order valence-corrected chi connectivity index (χ4v) is 3.75. The fraction of sp³-hybridized carbons (Fsp3) is 0.474. The number of aromatic nitrogens is 1. The van der Waals surface area contributed by atoms with Gasteiger partial charge in [-0.3, -0.25) is 9.59 Å². The third-order valence-electron chi connectivity index (χ3n) is 4.43. The number of ether oxygens (including phenoxy) is 1. The third kappa shape index (κ3) is 6.58. The van der Waals surface area contributed by atoms with Crippen molar-refractivity contribution in [1.29, 1.82) is 0 Å². The molecule has 2 amide bonds. The molecule has 0 spiro atoms. The molecule has 1 fully saturated rings. The number of amides is 2. The summed E-state index contributed by atoms with van der Waals surface area (Å²) in [6, 6.07) is 0. The predicted octanol–water partition coefficient (Wildman–Crippen LogP) is 1.51. The number of carbonyl (C=O) groups is 3. The highest BCUT2D eigenvalue weighted by Crippen LogP contribution is 2.22. The Bertz CT molecular complexity index is 751. The van der Waals surface area contributed by atoms with Gasteiger partial charge in [0, 0.05) is 11.8 Å². The van der Waals surface area contributed by atoms with Gasteiger partial charge in [0.25, 0.3) is 11.8 Å². The molecule has 0 radical (unpaired) electrons. The minimum absolute atomic E-state index is 0.212. The highest BCUT2D eigenvalue weighted by Gasteiger charge is 2.19. The summed E-state index contributed by atoms with van der Waals surface area (Å²) in [6.45, 7) is 8.98. The lowest BCUT2D eigenvalue weighted by molar-refractivity contribution is -0.137. The van der Waals surface area contributed by atoms with Gasteiger partial charge >= 0.3 is 5.97 Å². The summed E-state index contributed by atoms with van der Waals surface area (Å²) in [6.07, 6.45) is 5.50. The van der Waals surface area contributed by atoms with Crippen molar-refractivity contribution >= 4 is 29.1 Å². The molecule has 1 aliphatic rings. The summed E-state index contributed by atoms with van der Waals surface area (Å²) in [5.74, 6) is -1.49. The van der Waals surface area contributed by atoms with Crippen LogP contribution < -0.4 is 16.0 Å². The zero-order valence-corrected chi connectivity index (χ0v) is 16.8. The molecule has 1 saturated heterocycles. The van der Waals surface area contributed by atoms with E-state index in [0.29, 0.717) is 5.92 Å². The molecule has 1 unspecified atom stereocenters. The summed E-state index contributed by atoms with van der Waals surface area (Å²) in [5.41, 5.74) is -0.215. The van der Waals surface area contributed by atoms with Crippen LogP contribution in [0.2, 0.25) is 0 Å². The van der Waals surface area contributed by atoms with E-state index in [1.165, 1.54) is 37.7 Å². The molecule has 152 valence electrons. The molecule has 2 heterocycles. The molecule has 8 nitrogen and oxygen atoms in total. The Morgan fingerprint density at radius 2 is 2.00 bits per heavy atom. The Hall–Kier alpha value is -2.52. The number of rotatable bonds is 7. The van der Waals surface area contributed by atoms with Crippen LogP contribution >= 0.6 is 11.3 Å². The monoisotopic (exact) mass is 406 g/mol. The van der Waals surface area contributed by atoms with Crippen molar-refractivity contribution in [2.45, 2.75) is 32.1 Å². The molecule has 0 saturated carbocycles. The molecule has 9 heteroatoms. The van der Waals surface area contributed by atoms with E-state index in [4.69, 9.17) is 0 Å². The van der Waals surface area contributed by atoms with Crippen molar-refractivity contribution in [1.82, 2.24) is 20.9 Å². The highest BCUT2D eigenvalue weighted by atomic mass is 32.1. The van der Waals surface area contributed by atoms with E-state index in [1.54, 1.807) is 5.38 Å². The fourth-order valence-electron chi connectivity index (χ4n) is 2.86. The van der Waals surface area contributed by atoms with Gasteiger partial charge in [-0.1, -0.05) is 19.6 Å². The van der Waals surface area contributed by atoms with E-state index >= 15 is 0 Å². The highest BCUT2D eigenvalue weighted by molar-refractivity contribution is 7.09. The normalized spacial score (nSPS) is 17.0. The maximum Gasteiger partial charge on any atom is 0.353 e. The summed E-state index contributed by atoms with van der Waals surface area (Å²) in [5, 5.41) is 10.6. The van der Waals surface area contributed by atoms with Crippen LogP contribution in [0.25, 0.3) is 0 Å². The maximum absolute atomic E-state index is 12.3. The second-order valence-electron chi connectivity index (χ2n) is 6.59. The molecule has 1 aliphatic heterocycles. The second-order valence-corrected chi connectivity index (χ2v) is 7.53. The molecule has 28 heavy (non-hydrogen) atoms. The zero-order valence-electron chi connectivity index (χ0n) is 16.0. The number of hydrogen-bond acceptors (Lipinski definition) is 7. The Labute approximate surface area is 168 Å². The lowest BCUT2D eigenvalue weighted by Gasteiger charge is -2.19. The largest absolute Gasteiger partial charge is 0.464 e. The van der Waals surface area contributed by atoms with Crippen molar-refractivity contribution in [3.05, 3.63) is 40.6 Å². The van der Waals surface area contributed by atoms with E-state index in [-0.39, 0.29) is 17.1 Å². The number of hydrogen-bond donors (Lipinski definition) is 3. The van der Waals surface area contributed by atoms with Gasteiger partial charge in [0.2, 0.25) is 0 Å². The lowest BCUT2D eigenvalue weighted by Crippen LogP contribution is -2.35. The molecule has 1 aromatic heterocycles. The van der Waals surface area contributed by atoms with Gasteiger partial charge in [-0.2, -0.15) is 0 Å². The van der Waals surface area contributed by atoms with Crippen LogP contribution in [0.1, 0.15) is 41.2 Å². The number of nitrogens with one attached hydrogen (secondary N) is 3. The molecule has 1 atom stereocenters. The van der Waals surface area contributed by atoms with Gasteiger partial charge < -0.3 is 20.7 Å². The number of methoxy groups -OCH3 is 1. The molecule has 1 aromatic rings. The average Bonchev–Trinajstić information content (AvgIpc) is 3.11. The summed E-state index contributed by atoms with van der Waals surface area (Å²) >= 11 is 1.44. The third-order valence-corrected chi connectivity index (χ3v) is 5.30. The Morgan fingerprint density at radius 1 is 1.21 bits per heavy atom. The molecule has 0 aliphatic carbocycles. The van der Waals surface area contributed by atoms with Crippen LogP contribution in [0.4, 0.5) is 0 Å². The molecule has 0 aromatic carbocycles. The molecular formula is C19H26N4O4S. The summed E-state index contributed by atoms with van der Waals surface area (Å²) in [7, 11) is 1.17. The first kappa shape index (κ1) is 21.8.